The summed E-state index contributed by atoms with van der Waals surface area (Å²) in [5.41, 5.74) is 3.04. The molecule has 0 heterocycles. The van der Waals surface area contributed by atoms with Crippen molar-refractivity contribution in [1.29, 1.82) is 0 Å². The van der Waals surface area contributed by atoms with E-state index < -0.39 is 0 Å². The van der Waals surface area contributed by atoms with Gasteiger partial charge in [0.05, 0.1) is 29.3 Å². The first-order valence-corrected chi connectivity index (χ1v) is 11.0. The van der Waals surface area contributed by atoms with Crippen molar-refractivity contribution in [2.75, 3.05) is 19.0 Å². The second-order valence-electron chi connectivity index (χ2n) is 6.78. The molecular weight excluding hydrogens is 473 g/mol. The Balaban J connectivity index is 1.66. The first-order chi connectivity index (χ1) is 15.4. The molecule has 0 saturated heterocycles. The normalized spacial score (nSPS) is 10.5. The predicted octanol–water partition coefficient (Wildman–Crippen LogP) is 7.02. The molecule has 0 bridgehead atoms. The summed E-state index contributed by atoms with van der Waals surface area (Å²) in [7, 11) is 1.57. The largest absolute Gasteiger partial charge is 0.493 e. The lowest BCUT2D eigenvalue weighted by molar-refractivity contribution is 0.0526. The number of carbonyl (C=O) groups is 1. The van der Waals surface area contributed by atoms with Gasteiger partial charge in [-0.3, -0.25) is 0 Å². The average molecular weight is 495 g/mol. The van der Waals surface area contributed by atoms with E-state index in [4.69, 9.17) is 49.0 Å². The number of carbonyl (C=O) groups excluding carboxylic acids is 1. The molecule has 3 aromatic rings. The Labute approximate surface area is 202 Å². The lowest BCUT2D eigenvalue weighted by atomic mass is 10.1. The molecule has 0 saturated carbocycles. The Morgan fingerprint density at radius 3 is 2.31 bits per heavy atom. The molecule has 32 heavy (non-hydrogen) atoms. The fraction of sp³-hybridized carbons (Fsp3) is 0.208. The number of methoxy groups -OCH3 is 1. The van der Waals surface area contributed by atoms with Crippen molar-refractivity contribution < 1.29 is 19.0 Å². The number of benzene rings is 3. The second-order valence-corrected chi connectivity index (χ2v) is 8.00. The topological polar surface area (TPSA) is 56.8 Å². The van der Waals surface area contributed by atoms with Crippen molar-refractivity contribution in [3.8, 4) is 11.5 Å². The van der Waals surface area contributed by atoms with Crippen LogP contribution in [0.15, 0.2) is 54.6 Å². The number of hydrogen-bond donors (Lipinski definition) is 1. The van der Waals surface area contributed by atoms with Crippen molar-refractivity contribution in [3.63, 3.8) is 0 Å². The van der Waals surface area contributed by atoms with Crippen LogP contribution in [0.3, 0.4) is 0 Å². The summed E-state index contributed by atoms with van der Waals surface area (Å²) in [5.74, 6) is 0.735. The van der Waals surface area contributed by atoms with Crippen LogP contribution < -0.4 is 14.8 Å². The molecule has 1 N–H and O–H groups in total. The lowest BCUT2D eigenvalue weighted by Gasteiger charge is -2.15. The molecule has 0 amide bonds. The van der Waals surface area contributed by atoms with Gasteiger partial charge in [0.25, 0.3) is 0 Å². The quantitative estimate of drug-likeness (QED) is 0.324. The van der Waals surface area contributed by atoms with Gasteiger partial charge in [0, 0.05) is 23.3 Å². The summed E-state index contributed by atoms with van der Waals surface area (Å²) < 4.78 is 16.4. The molecule has 0 aromatic heterocycles. The number of anilines is 1. The molecule has 168 valence electrons. The Morgan fingerprint density at radius 1 is 0.906 bits per heavy atom. The van der Waals surface area contributed by atoms with Crippen LogP contribution in [0.4, 0.5) is 5.69 Å². The minimum atomic E-state index is -0.344. The van der Waals surface area contributed by atoms with Gasteiger partial charge in [-0.05, 0) is 60.5 Å². The highest BCUT2D eigenvalue weighted by atomic mass is 35.5. The molecule has 3 rings (SSSR count). The Hall–Kier alpha value is -2.60. The summed E-state index contributed by atoms with van der Waals surface area (Å²) in [5, 5.41) is 4.77. The molecule has 0 fully saturated rings. The van der Waals surface area contributed by atoms with Crippen molar-refractivity contribution in [2.45, 2.75) is 20.1 Å². The number of rotatable bonds is 9. The highest BCUT2D eigenvalue weighted by molar-refractivity contribution is 6.42. The van der Waals surface area contributed by atoms with Gasteiger partial charge < -0.3 is 19.5 Å². The van der Waals surface area contributed by atoms with Gasteiger partial charge in [0.15, 0.2) is 11.5 Å². The third-order valence-electron chi connectivity index (χ3n) is 4.59. The van der Waals surface area contributed by atoms with E-state index in [1.165, 1.54) is 0 Å². The summed E-state index contributed by atoms with van der Waals surface area (Å²) >= 11 is 18.5. The first kappa shape index (κ1) is 24.1. The van der Waals surface area contributed by atoms with Crippen molar-refractivity contribution in [2.24, 2.45) is 0 Å². The van der Waals surface area contributed by atoms with Crippen molar-refractivity contribution in [1.82, 2.24) is 0 Å². The molecule has 5 nitrogen and oxygen atoms in total. The van der Waals surface area contributed by atoms with Gasteiger partial charge in [-0.1, -0.05) is 40.9 Å². The summed E-state index contributed by atoms with van der Waals surface area (Å²) in [6.45, 7) is 2.86. The zero-order chi connectivity index (χ0) is 23.1. The molecule has 8 heteroatoms. The van der Waals surface area contributed by atoms with Crippen LogP contribution in [0.25, 0.3) is 0 Å². The van der Waals surface area contributed by atoms with E-state index in [-0.39, 0.29) is 12.6 Å². The minimum absolute atomic E-state index is 0.286. The van der Waals surface area contributed by atoms with Crippen LogP contribution in [0.1, 0.15) is 28.4 Å². The maximum atomic E-state index is 11.8. The van der Waals surface area contributed by atoms with E-state index in [9.17, 15) is 4.79 Å². The Kier molecular flexibility index (Phi) is 8.51. The van der Waals surface area contributed by atoms with Crippen LogP contribution in [-0.2, 0) is 17.9 Å². The molecule has 0 aliphatic carbocycles. The molecule has 0 aliphatic rings. The van der Waals surface area contributed by atoms with E-state index in [0.29, 0.717) is 45.3 Å². The summed E-state index contributed by atoms with van der Waals surface area (Å²) in [4.78, 5) is 11.8. The maximum Gasteiger partial charge on any atom is 0.338 e. The maximum absolute atomic E-state index is 11.8. The van der Waals surface area contributed by atoms with E-state index in [0.717, 1.165) is 16.8 Å². The Bertz CT molecular complexity index is 1090. The highest BCUT2D eigenvalue weighted by Gasteiger charge is 2.12. The first-order valence-electron chi connectivity index (χ1n) is 9.85. The minimum Gasteiger partial charge on any atom is -0.493 e. The van der Waals surface area contributed by atoms with Gasteiger partial charge >= 0.3 is 5.97 Å². The van der Waals surface area contributed by atoms with Crippen LogP contribution in [0.2, 0.25) is 15.1 Å². The van der Waals surface area contributed by atoms with Gasteiger partial charge in [-0.2, -0.15) is 0 Å². The van der Waals surface area contributed by atoms with E-state index >= 15 is 0 Å². The van der Waals surface area contributed by atoms with E-state index in [1.807, 2.05) is 24.3 Å². The number of esters is 1. The number of hydrogen-bond acceptors (Lipinski definition) is 5. The smallest absolute Gasteiger partial charge is 0.338 e. The summed E-state index contributed by atoms with van der Waals surface area (Å²) in [6.07, 6.45) is 0. The molecule has 0 spiro atoms. The van der Waals surface area contributed by atoms with Crippen LogP contribution >= 0.6 is 34.8 Å². The molecule has 3 aromatic carbocycles. The lowest BCUT2D eigenvalue weighted by Crippen LogP contribution is -2.05. The monoisotopic (exact) mass is 493 g/mol. The number of nitrogens with one attached hydrogen (secondary N) is 1. The van der Waals surface area contributed by atoms with Crippen LogP contribution in [-0.4, -0.2) is 19.7 Å². The molecule has 0 aliphatic heterocycles. The van der Waals surface area contributed by atoms with Crippen molar-refractivity contribution in [3.05, 3.63) is 86.4 Å². The van der Waals surface area contributed by atoms with Crippen LogP contribution in [0.5, 0.6) is 11.5 Å². The van der Waals surface area contributed by atoms with Gasteiger partial charge in [-0.25, -0.2) is 4.79 Å². The third kappa shape index (κ3) is 6.22. The van der Waals surface area contributed by atoms with Gasteiger partial charge in [0.1, 0.15) is 6.61 Å². The number of ether oxygens (including phenoxy) is 3. The highest BCUT2D eigenvalue weighted by Crippen LogP contribution is 2.34. The van der Waals surface area contributed by atoms with Crippen LogP contribution in [0, 0.1) is 0 Å². The van der Waals surface area contributed by atoms with Gasteiger partial charge in [0.2, 0.25) is 0 Å². The fourth-order valence-corrected chi connectivity index (χ4v) is 3.45. The average Bonchev–Trinajstić information content (AvgIpc) is 2.79. The third-order valence-corrected chi connectivity index (χ3v) is 5.68. The molecule has 0 unspecified atom stereocenters. The van der Waals surface area contributed by atoms with Crippen molar-refractivity contribution >= 4 is 46.5 Å². The van der Waals surface area contributed by atoms with E-state index in [1.54, 1.807) is 44.4 Å². The van der Waals surface area contributed by atoms with E-state index in [2.05, 4.69) is 5.32 Å². The zero-order valence-corrected chi connectivity index (χ0v) is 19.9. The zero-order valence-electron chi connectivity index (χ0n) is 17.6. The predicted molar refractivity (Wildman–Crippen MR) is 129 cm³/mol. The number of halogens is 3. The second kappa shape index (κ2) is 11.3. The fourth-order valence-electron chi connectivity index (χ4n) is 2.91. The summed E-state index contributed by atoms with van der Waals surface area (Å²) in [6, 6.07) is 15.9. The van der Waals surface area contributed by atoms with Gasteiger partial charge in [-0.15, -0.1) is 0 Å². The molecular formula is C24H22Cl3NO4. The standard InChI is InChI=1S/C24H22Cl3NO4/c1-3-31-24(29)16-5-7-18(8-6-16)28-13-17-11-22(30-2)23(12-20(17)26)32-14-15-4-9-19(25)21(27)10-15/h4-12,28H,3,13-14H2,1-2H3. The molecule has 0 atom stereocenters. The molecule has 0 radical (unpaired) electrons. The SMILES string of the molecule is CCOC(=O)c1ccc(NCc2cc(OC)c(OCc3ccc(Cl)c(Cl)c3)cc2Cl)cc1. The Morgan fingerprint density at radius 2 is 1.66 bits per heavy atom.